The van der Waals surface area contributed by atoms with Gasteiger partial charge in [0, 0.05) is 36.4 Å². The van der Waals surface area contributed by atoms with Gasteiger partial charge in [0.1, 0.15) is 5.82 Å². The number of nitrogens with zero attached hydrogens (tertiary/aromatic N) is 2. The number of hydrogen-bond donors (Lipinski definition) is 3. The Morgan fingerprint density at radius 1 is 1.07 bits per heavy atom. The Balaban J connectivity index is 1.56. The molecule has 140 valence electrons. The van der Waals surface area contributed by atoms with Crippen molar-refractivity contribution in [2.24, 2.45) is 0 Å². The number of anilines is 1. The standard InChI is InChI=1S/C20H23N5O2/c1-3-25(4-2)18-10-9-14(12-22-18)20(27)24-23-19(26)11-15-13-21-17-8-6-5-7-16(15)17/h5-10,12-13,21H,3-4,11H2,1-2H3,(H,23,26)(H,24,27). The van der Waals surface area contributed by atoms with E-state index in [-0.39, 0.29) is 12.3 Å². The number of benzene rings is 1. The average Bonchev–Trinajstić information content (AvgIpc) is 3.10. The van der Waals surface area contributed by atoms with Crippen molar-refractivity contribution in [3.8, 4) is 0 Å². The molecular weight excluding hydrogens is 342 g/mol. The van der Waals surface area contributed by atoms with Crippen LogP contribution in [0.15, 0.2) is 48.8 Å². The van der Waals surface area contributed by atoms with E-state index in [9.17, 15) is 9.59 Å². The quantitative estimate of drug-likeness (QED) is 0.585. The van der Waals surface area contributed by atoms with Crippen LogP contribution in [0.1, 0.15) is 29.8 Å². The van der Waals surface area contributed by atoms with Gasteiger partial charge in [0.15, 0.2) is 0 Å². The van der Waals surface area contributed by atoms with Gasteiger partial charge in [-0.15, -0.1) is 0 Å². The Morgan fingerprint density at radius 2 is 1.85 bits per heavy atom. The summed E-state index contributed by atoms with van der Waals surface area (Å²) in [7, 11) is 0. The number of para-hydroxylation sites is 1. The van der Waals surface area contributed by atoms with Gasteiger partial charge < -0.3 is 9.88 Å². The first-order valence-corrected chi connectivity index (χ1v) is 8.97. The van der Waals surface area contributed by atoms with Crippen LogP contribution in [0.4, 0.5) is 5.82 Å². The van der Waals surface area contributed by atoms with Gasteiger partial charge in [0.05, 0.1) is 12.0 Å². The highest BCUT2D eigenvalue weighted by Crippen LogP contribution is 2.17. The monoisotopic (exact) mass is 365 g/mol. The number of carbonyl (C=O) groups excluding carboxylic acids is 2. The fourth-order valence-corrected chi connectivity index (χ4v) is 2.95. The van der Waals surface area contributed by atoms with Crippen LogP contribution in [0.25, 0.3) is 10.9 Å². The number of hydrogen-bond acceptors (Lipinski definition) is 4. The number of pyridine rings is 1. The van der Waals surface area contributed by atoms with Gasteiger partial charge >= 0.3 is 0 Å². The second kappa shape index (κ2) is 8.35. The predicted molar refractivity (Wildman–Crippen MR) is 105 cm³/mol. The van der Waals surface area contributed by atoms with Crippen molar-refractivity contribution in [3.05, 3.63) is 59.9 Å². The van der Waals surface area contributed by atoms with E-state index in [0.29, 0.717) is 5.56 Å². The highest BCUT2D eigenvalue weighted by Gasteiger charge is 2.11. The molecule has 7 heteroatoms. The van der Waals surface area contributed by atoms with E-state index in [1.807, 2.05) is 30.5 Å². The summed E-state index contributed by atoms with van der Waals surface area (Å²) in [6, 6.07) is 11.3. The van der Waals surface area contributed by atoms with Crippen LogP contribution in [0, 0.1) is 0 Å². The molecule has 3 N–H and O–H groups in total. The fourth-order valence-electron chi connectivity index (χ4n) is 2.95. The number of fused-ring (bicyclic) bond motifs is 1. The minimum Gasteiger partial charge on any atom is -0.361 e. The van der Waals surface area contributed by atoms with Gasteiger partial charge in [-0.25, -0.2) is 4.98 Å². The van der Waals surface area contributed by atoms with Gasteiger partial charge in [-0.05, 0) is 37.6 Å². The van der Waals surface area contributed by atoms with Crippen molar-refractivity contribution >= 4 is 28.5 Å². The van der Waals surface area contributed by atoms with Crippen LogP contribution in [0.2, 0.25) is 0 Å². The molecular formula is C20H23N5O2. The van der Waals surface area contributed by atoms with Crippen molar-refractivity contribution in [1.82, 2.24) is 20.8 Å². The molecule has 7 nitrogen and oxygen atoms in total. The molecule has 27 heavy (non-hydrogen) atoms. The van der Waals surface area contributed by atoms with E-state index in [4.69, 9.17) is 0 Å². The van der Waals surface area contributed by atoms with E-state index >= 15 is 0 Å². The zero-order valence-corrected chi connectivity index (χ0v) is 15.5. The Kier molecular flexibility index (Phi) is 5.71. The normalized spacial score (nSPS) is 10.6. The molecule has 0 saturated heterocycles. The molecule has 0 radical (unpaired) electrons. The van der Waals surface area contributed by atoms with Gasteiger partial charge in [-0.3, -0.25) is 20.4 Å². The van der Waals surface area contributed by atoms with Crippen molar-refractivity contribution in [3.63, 3.8) is 0 Å². The Labute approximate surface area is 157 Å². The molecule has 2 amide bonds. The fraction of sp³-hybridized carbons (Fsp3) is 0.250. The molecule has 2 heterocycles. The zero-order valence-electron chi connectivity index (χ0n) is 15.5. The number of aromatic nitrogens is 2. The molecule has 0 aliphatic heterocycles. The third kappa shape index (κ3) is 4.25. The topological polar surface area (TPSA) is 90.1 Å². The molecule has 0 aliphatic rings. The number of amides is 2. The molecule has 3 rings (SSSR count). The van der Waals surface area contributed by atoms with Crippen LogP contribution in [0.5, 0.6) is 0 Å². The number of rotatable bonds is 6. The lowest BCUT2D eigenvalue weighted by atomic mass is 10.1. The largest absolute Gasteiger partial charge is 0.361 e. The van der Waals surface area contributed by atoms with Crippen LogP contribution < -0.4 is 15.8 Å². The average molecular weight is 365 g/mol. The summed E-state index contributed by atoms with van der Waals surface area (Å²) in [5.74, 6) is 0.126. The Morgan fingerprint density at radius 3 is 2.56 bits per heavy atom. The lowest BCUT2D eigenvalue weighted by Crippen LogP contribution is -2.42. The minimum atomic E-state index is -0.402. The smallest absolute Gasteiger partial charge is 0.271 e. The summed E-state index contributed by atoms with van der Waals surface area (Å²) in [6.07, 6.45) is 3.49. The number of aromatic amines is 1. The number of H-pyrrole nitrogens is 1. The number of nitrogens with one attached hydrogen (secondary N) is 3. The Hall–Kier alpha value is -3.35. The minimum absolute atomic E-state index is 0.170. The molecule has 0 unspecified atom stereocenters. The first-order chi connectivity index (χ1) is 13.1. The molecule has 0 atom stereocenters. The third-order valence-corrected chi connectivity index (χ3v) is 4.44. The maximum absolute atomic E-state index is 12.2. The Bertz CT molecular complexity index is 929. The summed E-state index contributed by atoms with van der Waals surface area (Å²) in [4.78, 5) is 33.9. The summed E-state index contributed by atoms with van der Waals surface area (Å²) in [5, 5.41) is 0.996. The number of hydrazine groups is 1. The van der Waals surface area contributed by atoms with E-state index in [2.05, 4.69) is 39.6 Å². The van der Waals surface area contributed by atoms with E-state index < -0.39 is 5.91 Å². The van der Waals surface area contributed by atoms with Crippen LogP contribution in [-0.2, 0) is 11.2 Å². The van der Waals surface area contributed by atoms with Crippen molar-refractivity contribution in [1.29, 1.82) is 0 Å². The van der Waals surface area contributed by atoms with Crippen molar-refractivity contribution < 1.29 is 9.59 Å². The summed E-state index contributed by atoms with van der Waals surface area (Å²) in [5.41, 5.74) is 7.13. The van der Waals surface area contributed by atoms with Crippen LogP contribution in [0.3, 0.4) is 0 Å². The first-order valence-electron chi connectivity index (χ1n) is 8.97. The third-order valence-electron chi connectivity index (χ3n) is 4.44. The molecule has 0 aliphatic carbocycles. The summed E-state index contributed by atoms with van der Waals surface area (Å²) >= 11 is 0. The van der Waals surface area contributed by atoms with Gasteiger partial charge in [0.25, 0.3) is 5.91 Å². The van der Waals surface area contributed by atoms with E-state index in [1.54, 1.807) is 12.1 Å². The second-order valence-electron chi connectivity index (χ2n) is 6.12. The molecule has 0 saturated carbocycles. The van der Waals surface area contributed by atoms with Crippen LogP contribution >= 0.6 is 0 Å². The van der Waals surface area contributed by atoms with Gasteiger partial charge in [-0.1, -0.05) is 18.2 Å². The van der Waals surface area contributed by atoms with Gasteiger partial charge in [0.2, 0.25) is 5.91 Å². The summed E-state index contributed by atoms with van der Waals surface area (Å²) in [6.45, 7) is 5.79. The van der Waals surface area contributed by atoms with Crippen molar-refractivity contribution in [2.45, 2.75) is 20.3 Å². The molecule has 0 bridgehead atoms. The summed E-state index contributed by atoms with van der Waals surface area (Å²) < 4.78 is 0. The predicted octanol–water partition coefficient (Wildman–Crippen LogP) is 2.41. The first kappa shape index (κ1) is 18.4. The zero-order chi connectivity index (χ0) is 19.2. The maximum atomic E-state index is 12.2. The molecule has 0 spiro atoms. The lowest BCUT2D eigenvalue weighted by Gasteiger charge is -2.19. The second-order valence-corrected chi connectivity index (χ2v) is 6.12. The SMILES string of the molecule is CCN(CC)c1ccc(C(=O)NNC(=O)Cc2c[nH]c3ccccc23)cn1. The highest BCUT2D eigenvalue weighted by atomic mass is 16.2. The molecule has 1 aromatic carbocycles. The highest BCUT2D eigenvalue weighted by molar-refractivity contribution is 5.96. The lowest BCUT2D eigenvalue weighted by molar-refractivity contribution is -0.121. The molecule has 0 fully saturated rings. The number of carbonyl (C=O) groups is 2. The van der Waals surface area contributed by atoms with Gasteiger partial charge in [-0.2, -0.15) is 0 Å². The van der Waals surface area contributed by atoms with E-state index in [1.165, 1.54) is 6.20 Å². The molecule has 2 aromatic heterocycles. The van der Waals surface area contributed by atoms with Crippen molar-refractivity contribution in [2.75, 3.05) is 18.0 Å². The molecule has 3 aromatic rings. The van der Waals surface area contributed by atoms with Crippen LogP contribution in [-0.4, -0.2) is 34.9 Å². The maximum Gasteiger partial charge on any atom is 0.271 e. The van der Waals surface area contributed by atoms with E-state index in [0.717, 1.165) is 35.4 Å².